The largest absolute Gasteiger partial charge is 0.484 e. The molecule has 4 heterocycles. The lowest BCUT2D eigenvalue weighted by Gasteiger charge is -2.12. The Labute approximate surface area is 202 Å². The normalized spacial score (nSPS) is 11.6. The lowest BCUT2D eigenvalue weighted by molar-refractivity contribution is -0.123. The molecule has 0 saturated heterocycles. The number of anilines is 1. The molecule has 10 heteroatoms. The van der Waals surface area contributed by atoms with Crippen molar-refractivity contribution in [3.05, 3.63) is 73.2 Å². The second-order valence-electron chi connectivity index (χ2n) is 7.97. The van der Waals surface area contributed by atoms with E-state index < -0.39 is 0 Å². The summed E-state index contributed by atoms with van der Waals surface area (Å²) in [7, 11) is 1.91. The van der Waals surface area contributed by atoms with Gasteiger partial charge in [-0.25, -0.2) is 14.5 Å². The number of aromatic nitrogens is 5. The molecule has 0 bridgehead atoms. The molecule has 0 saturated carbocycles. The van der Waals surface area contributed by atoms with Crippen molar-refractivity contribution in [3.8, 4) is 22.9 Å². The molecule has 2 N–H and O–H groups in total. The minimum atomic E-state index is -0.227. The van der Waals surface area contributed by atoms with Crippen LogP contribution in [0.1, 0.15) is 18.3 Å². The fourth-order valence-electron chi connectivity index (χ4n) is 3.46. The first-order valence-electron chi connectivity index (χ1n) is 11.1. The molecule has 4 aromatic heterocycles. The van der Waals surface area contributed by atoms with Gasteiger partial charge in [-0.05, 0) is 18.2 Å². The highest BCUT2D eigenvalue weighted by Gasteiger charge is 2.14. The van der Waals surface area contributed by atoms with Crippen LogP contribution in [0, 0.1) is 17.2 Å². The molecule has 0 aliphatic rings. The molecule has 178 valence electrons. The van der Waals surface area contributed by atoms with Crippen LogP contribution in [0.15, 0.2) is 61.8 Å². The van der Waals surface area contributed by atoms with E-state index in [9.17, 15) is 10.1 Å². The smallest absolute Gasteiger partial charge is 0.226 e. The van der Waals surface area contributed by atoms with E-state index in [1.165, 1.54) is 6.20 Å². The molecule has 1 amide bonds. The van der Waals surface area contributed by atoms with Gasteiger partial charge in [-0.15, -0.1) is 6.58 Å². The highest BCUT2D eigenvalue weighted by atomic mass is 16.5. The van der Waals surface area contributed by atoms with Gasteiger partial charge in [0.1, 0.15) is 30.1 Å². The molecule has 0 fully saturated rings. The van der Waals surface area contributed by atoms with Gasteiger partial charge in [-0.2, -0.15) is 10.4 Å². The first-order chi connectivity index (χ1) is 17.0. The van der Waals surface area contributed by atoms with Gasteiger partial charge in [-0.3, -0.25) is 4.79 Å². The number of imidazole rings is 1. The van der Waals surface area contributed by atoms with Gasteiger partial charge in [0, 0.05) is 49.9 Å². The summed E-state index contributed by atoms with van der Waals surface area (Å²) in [5.74, 6) is 1.77. The Morgan fingerprint density at radius 3 is 2.86 bits per heavy atom. The maximum Gasteiger partial charge on any atom is 0.226 e. The van der Waals surface area contributed by atoms with Gasteiger partial charge in [0.15, 0.2) is 0 Å². The molecule has 35 heavy (non-hydrogen) atoms. The monoisotopic (exact) mass is 470 g/mol. The predicted octanol–water partition coefficient (Wildman–Crippen LogP) is 2.93. The predicted molar refractivity (Wildman–Crippen MR) is 132 cm³/mol. The van der Waals surface area contributed by atoms with E-state index in [0.717, 1.165) is 17.0 Å². The van der Waals surface area contributed by atoms with Gasteiger partial charge >= 0.3 is 0 Å². The van der Waals surface area contributed by atoms with Crippen LogP contribution in [0.25, 0.3) is 16.6 Å². The van der Waals surface area contributed by atoms with Crippen LogP contribution in [0.4, 0.5) is 5.82 Å². The number of hydrogen-bond acceptors (Lipinski definition) is 7. The summed E-state index contributed by atoms with van der Waals surface area (Å²) in [6.07, 6.45) is 10.2. The number of nitriles is 1. The van der Waals surface area contributed by atoms with Crippen LogP contribution in [-0.2, 0) is 18.4 Å². The van der Waals surface area contributed by atoms with Crippen molar-refractivity contribution in [2.45, 2.75) is 13.5 Å². The molecule has 0 aliphatic heterocycles. The second kappa shape index (κ2) is 10.5. The molecular weight excluding hydrogens is 444 g/mol. The lowest BCUT2D eigenvalue weighted by Crippen LogP contribution is -2.32. The van der Waals surface area contributed by atoms with Crippen LogP contribution in [0.3, 0.4) is 0 Å². The van der Waals surface area contributed by atoms with Crippen molar-refractivity contribution in [2.75, 3.05) is 18.4 Å². The highest BCUT2D eigenvalue weighted by Crippen LogP contribution is 2.31. The Kier molecular flexibility index (Phi) is 7.07. The van der Waals surface area contributed by atoms with Crippen LogP contribution in [0.5, 0.6) is 5.75 Å². The lowest BCUT2D eigenvalue weighted by atomic mass is 10.1. The molecule has 4 rings (SSSR count). The van der Waals surface area contributed by atoms with E-state index in [0.29, 0.717) is 42.3 Å². The molecule has 1 unspecified atom stereocenters. The summed E-state index contributed by atoms with van der Waals surface area (Å²) in [6.45, 7) is 6.72. The molecule has 0 spiro atoms. The zero-order valence-electron chi connectivity index (χ0n) is 19.6. The number of nitrogens with one attached hydrogen (secondary N) is 2. The Morgan fingerprint density at radius 2 is 2.17 bits per heavy atom. The standard InChI is InChI=1S/C25H26N8O2/c1-4-17(2)25(34)29-8-7-27-22-6-5-18(13-30-22)21-11-20(35-16-23-28-9-10-32(23)3)15-33-24(21)19(12-26)14-31-33/h4-6,9-11,13-15,17H,1,7-8,16H2,2-3H3,(H,27,30)(H,29,34). The van der Waals surface area contributed by atoms with Gasteiger partial charge in [0.2, 0.25) is 5.91 Å². The number of nitrogens with zero attached hydrogens (tertiary/aromatic N) is 6. The van der Waals surface area contributed by atoms with Gasteiger partial charge in [0.05, 0.1) is 29.4 Å². The molecule has 0 aliphatic carbocycles. The summed E-state index contributed by atoms with van der Waals surface area (Å²) < 4.78 is 9.51. The minimum absolute atomic E-state index is 0.0618. The first kappa shape index (κ1) is 23.5. The number of pyridine rings is 2. The average molecular weight is 471 g/mol. The van der Waals surface area contributed by atoms with E-state index in [2.05, 4.69) is 38.3 Å². The van der Waals surface area contributed by atoms with Crippen LogP contribution < -0.4 is 15.4 Å². The third-order valence-electron chi connectivity index (χ3n) is 5.57. The maximum absolute atomic E-state index is 11.8. The molecule has 4 aromatic rings. The molecular formula is C25H26N8O2. The van der Waals surface area contributed by atoms with E-state index >= 15 is 0 Å². The van der Waals surface area contributed by atoms with E-state index in [4.69, 9.17) is 4.74 Å². The molecule has 1 atom stereocenters. The summed E-state index contributed by atoms with van der Waals surface area (Å²) in [6, 6.07) is 7.84. The topological polar surface area (TPSA) is 122 Å². The second-order valence-corrected chi connectivity index (χ2v) is 7.97. The highest BCUT2D eigenvalue weighted by molar-refractivity contribution is 5.85. The number of carbonyl (C=O) groups is 1. The summed E-state index contributed by atoms with van der Waals surface area (Å²) in [5.41, 5.74) is 2.73. The Balaban J connectivity index is 1.51. The van der Waals surface area contributed by atoms with Crippen LogP contribution >= 0.6 is 0 Å². The molecule has 0 radical (unpaired) electrons. The van der Waals surface area contributed by atoms with Crippen LogP contribution in [-0.4, -0.2) is 43.1 Å². The van der Waals surface area contributed by atoms with Gasteiger partial charge in [0.25, 0.3) is 0 Å². The molecule has 0 aromatic carbocycles. The maximum atomic E-state index is 11.8. The fourth-order valence-corrected chi connectivity index (χ4v) is 3.46. The molecule has 10 nitrogen and oxygen atoms in total. The quantitative estimate of drug-likeness (QED) is 0.270. The van der Waals surface area contributed by atoms with E-state index in [1.807, 2.05) is 36.0 Å². The fraction of sp³-hybridized carbons (Fsp3) is 0.240. The van der Waals surface area contributed by atoms with Crippen molar-refractivity contribution < 1.29 is 9.53 Å². The van der Waals surface area contributed by atoms with Crippen molar-refractivity contribution in [1.82, 2.24) is 29.5 Å². The SMILES string of the molecule is C=CC(C)C(=O)NCCNc1ccc(-c2cc(OCc3nccn3C)cn3ncc(C#N)c23)cn1. The van der Waals surface area contributed by atoms with Crippen LogP contribution in [0.2, 0.25) is 0 Å². The van der Waals surface area contributed by atoms with Crippen molar-refractivity contribution in [2.24, 2.45) is 13.0 Å². The van der Waals surface area contributed by atoms with E-state index in [-0.39, 0.29) is 11.8 Å². The Bertz CT molecular complexity index is 1380. The number of carbonyl (C=O) groups excluding carboxylic acids is 1. The number of amides is 1. The van der Waals surface area contributed by atoms with Crippen molar-refractivity contribution >= 4 is 17.2 Å². The zero-order valence-corrected chi connectivity index (χ0v) is 19.6. The van der Waals surface area contributed by atoms with Crippen molar-refractivity contribution in [1.29, 1.82) is 5.26 Å². The Hall–Kier alpha value is -4.65. The first-order valence-corrected chi connectivity index (χ1v) is 11.1. The van der Waals surface area contributed by atoms with Gasteiger partial charge in [-0.1, -0.05) is 13.0 Å². The number of hydrogen-bond donors (Lipinski definition) is 2. The summed E-state index contributed by atoms with van der Waals surface area (Å²) in [4.78, 5) is 20.6. The number of fused-ring (bicyclic) bond motifs is 1. The minimum Gasteiger partial charge on any atom is -0.484 e. The summed E-state index contributed by atoms with van der Waals surface area (Å²) in [5, 5.41) is 19.9. The van der Waals surface area contributed by atoms with E-state index in [1.54, 1.807) is 36.1 Å². The third kappa shape index (κ3) is 5.30. The zero-order chi connectivity index (χ0) is 24.8. The van der Waals surface area contributed by atoms with Crippen molar-refractivity contribution in [3.63, 3.8) is 0 Å². The summed E-state index contributed by atoms with van der Waals surface area (Å²) >= 11 is 0. The van der Waals surface area contributed by atoms with Gasteiger partial charge < -0.3 is 19.9 Å². The average Bonchev–Trinajstić information content (AvgIpc) is 3.49. The number of rotatable bonds is 10. The number of ether oxygens (including phenoxy) is 1. The third-order valence-corrected chi connectivity index (χ3v) is 5.57. The Morgan fingerprint density at radius 1 is 1.31 bits per heavy atom. The number of aryl methyl sites for hydroxylation is 1.